The van der Waals surface area contributed by atoms with E-state index in [-0.39, 0.29) is 12.4 Å². The Morgan fingerprint density at radius 2 is 1.97 bits per heavy atom. The molecule has 3 heterocycles. The smallest absolute Gasteiger partial charge is 0.291 e. The molecule has 1 N–H and O–H groups in total. The summed E-state index contributed by atoms with van der Waals surface area (Å²) in [5.41, 5.74) is 1.93. The van der Waals surface area contributed by atoms with Gasteiger partial charge in [0.15, 0.2) is 18.0 Å². The van der Waals surface area contributed by atoms with Gasteiger partial charge in [-0.25, -0.2) is 19.0 Å². The van der Waals surface area contributed by atoms with E-state index in [4.69, 9.17) is 4.42 Å². The molecule has 0 radical (unpaired) electrons. The Balaban J connectivity index is 1.42. The summed E-state index contributed by atoms with van der Waals surface area (Å²) < 4.78 is 20.8. The highest BCUT2D eigenvalue weighted by Crippen LogP contribution is 2.26. The van der Waals surface area contributed by atoms with Crippen LogP contribution in [0.25, 0.3) is 27.7 Å². The summed E-state index contributed by atoms with van der Waals surface area (Å²) in [6.45, 7) is 0.141. The molecule has 5 aromatic rings. The van der Waals surface area contributed by atoms with Crippen molar-refractivity contribution in [1.29, 1.82) is 0 Å². The van der Waals surface area contributed by atoms with Crippen molar-refractivity contribution in [1.82, 2.24) is 25.1 Å². The van der Waals surface area contributed by atoms with E-state index in [1.165, 1.54) is 34.5 Å². The van der Waals surface area contributed by atoms with Crippen LogP contribution in [-0.2, 0) is 6.54 Å². The van der Waals surface area contributed by atoms with Crippen molar-refractivity contribution in [3.8, 4) is 27.7 Å². The van der Waals surface area contributed by atoms with Gasteiger partial charge in [0.05, 0.1) is 17.1 Å². The molecule has 0 aliphatic rings. The maximum Gasteiger partial charge on any atom is 0.291 e. The minimum atomic E-state index is -0.472. The molecule has 32 heavy (non-hydrogen) atoms. The number of halogens is 1. The molecular weight excluding hydrogens is 429 g/mol. The standard InChI is InChI=1S/C23H16FN5O2S/c24-16-8-4-9-17(12-16)29-22(19-10-5-11-32-19)27-21(28-29)23(30)25-13-18-20(31-14-26-18)15-6-2-1-3-7-15/h1-12,14H,13H2,(H,25,30). The van der Waals surface area contributed by atoms with Crippen LogP contribution >= 0.6 is 11.3 Å². The molecule has 9 heteroatoms. The third kappa shape index (κ3) is 3.93. The van der Waals surface area contributed by atoms with Crippen LogP contribution in [0, 0.1) is 5.82 Å². The fourth-order valence-corrected chi connectivity index (χ4v) is 3.92. The minimum absolute atomic E-state index is 0.0255. The van der Waals surface area contributed by atoms with Gasteiger partial charge in [-0.15, -0.1) is 16.4 Å². The first kappa shape index (κ1) is 19.8. The van der Waals surface area contributed by atoms with E-state index < -0.39 is 11.7 Å². The van der Waals surface area contributed by atoms with Crippen LogP contribution < -0.4 is 5.32 Å². The van der Waals surface area contributed by atoms with Gasteiger partial charge < -0.3 is 9.73 Å². The van der Waals surface area contributed by atoms with Gasteiger partial charge in [-0.3, -0.25) is 4.79 Å². The first-order valence-corrected chi connectivity index (χ1v) is 10.6. The summed E-state index contributed by atoms with van der Waals surface area (Å²) in [4.78, 5) is 22.3. The zero-order chi connectivity index (χ0) is 21.9. The molecule has 5 rings (SSSR count). The van der Waals surface area contributed by atoms with Gasteiger partial charge in [0.1, 0.15) is 11.5 Å². The third-order valence-corrected chi connectivity index (χ3v) is 5.56. The number of carbonyl (C=O) groups is 1. The van der Waals surface area contributed by atoms with E-state index in [1.54, 1.807) is 12.1 Å². The number of benzene rings is 2. The molecule has 0 fully saturated rings. The van der Waals surface area contributed by atoms with Gasteiger partial charge in [-0.05, 0) is 29.6 Å². The normalized spacial score (nSPS) is 10.9. The highest BCUT2D eigenvalue weighted by atomic mass is 32.1. The predicted molar refractivity (Wildman–Crippen MR) is 118 cm³/mol. The van der Waals surface area contributed by atoms with Crippen molar-refractivity contribution in [3.05, 3.63) is 95.8 Å². The van der Waals surface area contributed by atoms with Crippen molar-refractivity contribution in [2.75, 3.05) is 0 Å². The molecule has 0 spiro atoms. The number of rotatable bonds is 6. The molecule has 2 aromatic carbocycles. The summed E-state index contributed by atoms with van der Waals surface area (Å²) in [6.07, 6.45) is 1.34. The maximum atomic E-state index is 13.8. The van der Waals surface area contributed by atoms with Gasteiger partial charge in [0.25, 0.3) is 5.91 Å². The monoisotopic (exact) mass is 445 g/mol. The van der Waals surface area contributed by atoms with E-state index in [2.05, 4.69) is 20.4 Å². The Morgan fingerprint density at radius 1 is 1.09 bits per heavy atom. The highest BCUT2D eigenvalue weighted by molar-refractivity contribution is 7.13. The van der Waals surface area contributed by atoms with Gasteiger partial charge in [-0.2, -0.15) is 0 Å². The molecule has 3 aromatic heterocycles. The van der Waals surface area contributed by atoms with E-state index in [1.807, 2.05) is 47.8 Å². The zero-order valence-electron chi connectivity index (χ0n) is 16.6. The van der Waals surface area contributed by atoms with Crippen molar-refractivity contribution in [2.45, 2.75) is 6.54 Å². The minimum Gasteiger partial charge on any atom is -0.443 e. The summed E-state index contributed by atoms with van der Waals surface area (Å²) in [5, 5.41) is 9.04. The number of thiophene rings is 1. The van der Waals surface area contributed by atoms with Gasteiger partial charge >= 0.3 is 0 Å². The topological polar surface area (TPSA) is 85.8 Å². The molecule has 0 unspecified atom stereocenters. The molecule has 0 bridgehead atoms. The number of hydrogen-bond acceptors (Lipinski definition) is 6. The van der Waals surface area contributed by atoms with Crippen molar-refractivity contribution < 1.29 is 13.6 Å². The van der Waals surface area contributed by atoms with Crippen molar-refractivity contribution in [3.63, 3.8) is 0 Å². The lowest BCUT2D eigenvalue weighted by Gasteiger charge is -2.04. The van der Waals surface area contributed by atoms with E-state index in [0.717, 1.165) is 10.4 Å². The molecule has 158 valence electrons. The van der Waals surface area contributed by atoms with E-state index in [0.29, 0.717) is 23.0 Å². The van der Waals surface area contributed by atoms with Crippen molar-refractivity contribution in [2.24, 2.45) is 0 Å². The molecule has 0 atom stereocenters. The Kier molecular flexibility index (Phi) is 5.30. The fraction of sp³-hybridized carbons (Fsp3) is 0.0435. The Morgan fingerprint density at radius 3 is 2.75 bits per heavy atom. The Labute approximate surface area is 186 Å². The summed E-state index contributed by atoms with van der Waals surface area (Å²) >= 11 is 1.45. The number of oxazole rings is 1. The number of nitrogens with one attached hydrogen (secondary N) is 1. The fourth-order valence-electron chi connectivity index (χ4n) is 3.22. The molecule has 0 saturated carbocycles. The SMILES string of the molecule is O=C(NCc1ncoc1-c1ccccc1)c1nc(-c2cccs2)n(-c2cccc(F)c2)n1. The number of carbonyl (C=O) groups excluding carboxylic acids is 1. The summed E-state index contributed by atoms with van der Waals surface area (Å²) in [6, 6.07) is 19.2. The second-order valence-corrected chi connectivity index (χ2v) is 7.75. The molecule has 0 aliphatic carbocycles. The second kappa shape index (κ2) is 8.56. The van der Waals surface area contributed by atoms with Crippen LogP contribution in [0.4, 0.5) is 4.39 Å². The highest BCUT2D eigenvalue weighted by Gasteiger charge is 2.20. The number of nitrogens with zero attached hydrogens (tertiary/aromatic N) is 4. The van der Waals surface area contributed by atoms with Crippen LogP contribution in [0.3, 0.4) is 0 Å². The quantitative estimate of drug-likeness (QED) is 0.409. The third-order valence-electron chi connectivity index (χ3n) is 4.70. The zero-order valence-corrected chi connectivity index (χ0v) is 17.4. The van der Waals surface area contributed by atoms with E-state index in [9.17, 15) is 9.18 Å². The Bertz CT molecular complexity index is 1360. The summed E-state index contributed by atoms with van der Waals surface area (Å²) in [7, 11) is 0. The number of aromatic nitrogens is 4. The van der Waals surface area contributed by atoms with Gasteiger partial charge in [-0.1, -0.05) is 42.5 Å². The first-order chi connectivity index (χ1) is 15.7. The van der Waals surface area contributed by atoms with E-state index >= 15 is 0 Å². The second-order valence-electron chi connectivity index (χ2n) is 6.80. The number of hydrogen-bond donors (Lipinski definition) is 1. The maximum absolute atomic E-state index is 13.8. The molecule has 0 aliphatic heterocycles. The van der Waals surface area contributed by atoms with Crippen LogP contribution in [0.15, 0.2) is 82.9 Å². The van der Waals surface area contributed by atoms with Gasteiger partial charge in [0, 0.05) is 5.56 Å². The predicted octanol–water partition coefficient (Wildman–Crippen LogP) is 4.72. The Hall–Kier alpha value is -4.11. The average Bonchev–Trinajstić information content (AvgIpc) is 3.58. The first-order valence-electron chi connectivity index (χ1n) is 9.72. The average molecular weight is 445 g/mol. The molecule has 0 saturated heterocycles. The molecular formula is C23H16FN5O2S. The van der Waals surface area contributed by atoms with Crippen LogP contribution in [0.2, 0.25) is 0 Å². The van der Waals surface area contributed by atoms with Crippen LogP contribution in [0.5, 0.6) is 0 Å². The lowest BCUT2D eigenvalue weighted by molar-refractivity contribution is 0.0940. The van der Waals surface area contributed by atoms with Gasteiger partial charge in [0.2, 0.25) is 5.82 Å². The lowest BCUT2D eigenvalue weighted by Crippen LogP contribution is -2.24. The lowest BCUT2D eigenvalue weighted by atomic mass is 10.1. The van der Waals surface area contributed by atoms with Crippen LogP contribution in [-0.4, -0.2) is 25.7 Å². The van der Waals surface area contributed by atoms with Crippen LogP contribution in [0.1, 0.15) is 16.3 Å². The molecule has 1 amide bonds. The largest absolute Gasteiger partial charge is 0.443 e. The van der Waals surface area contributed by atoms with Crippen molar-refractivity contribution >= 4 is 17.2 Å². The number of amides is 1. The molecule has 7 nitrogen and oxygen atoms in total. The summed E-state index contributed by atoms with van der Waals surface area (Å²) in [5.74, 6) is 0.147.